The standard InChI is InChI=1S/C29H34ClN7O3/c1-4-7-23(19-9-11-20(12-10-19)27(38)31-17-25-33-35-36-34-25)37-28(39)26(21-14-18(2)15-22(30)16-21)32-29(37)13-6-5-8-24(29)40-3/h9-12,14-16,23-24H,4-8,13,17H2,1-3H3,(H,31,38)(H,33,34,35,36). The second-order valence-corrected chi connectivity index (χ2v) is 10.9. The van der Waals surface area contributed by atoms with Crippen molar-refractivity contribution in [2.75, 3.05) is 7.11 Å². The Morgan fingerprint density at radius 1 is 1.25 bits per heavy atom. The summed E-state index contributed by atoms with van der Waals surface area (Å²) in [6.45, 7) is 4.24. The number of nitrogens with one attached hydrogen (secondary N) is 2. The van der Waals surface area contributed by atoms with Gasteiger partial charge in [-0.1, -0.05) is 48.7 Å². The zero-order valence-electron chi connectivity index (χ0n) is 23.0. The number of hydrogen-bond acceptors (Lipinski definition) is 7. The van der Waals surface area contributed by atoms with Gasteiger partial charge in [0, 0.05) is 23.3 Å². The summed E-state index contributed by atoms with van der Waals surface area (Å²) in [5.74, 6) is 0.0356. The number of benzene rings is 2. The number of tetrazole rings is 1. The zero-order valence-corrected chi connectivity index (χ0v) is 23.7. The van der Waals surface area contributed by atoms with E-state index in [4.69, 9.17) is 21.3 Å². The average molecular weight is 564 g/mol. The van der Waals surface area contributed by atoms with Crippen LogP contribution < -0.4 is 5.32 Å². The lowest BCUT2D eigenvalue weighted by Gasteiger charge is -2.47. The van der Waals surface area contributed by atoms with Gasteiger partial charge in [-0.3, -0.25) is 9.59 Å². The zero-order chi connectivity index (χ0) is 28.3. The molecule has 3 atom stereocenters. The maximum Gasteiger partial charge on any atom is 0.275 e. The van der Waals surface area contributed by atoms with Crippen molar-refractivity contribution in [2.45, 2.75) is 76.7 Å². The predicted octanol–water partition coefficient (Wildman–Crippen LogP) is 4.55. The van der Waals surface area contributed by atoms with E-state index in [1.807, 2.05) is 42.2 Å². The van der Waals surface area contributed by atoms with Crippen molar-refractivity contribution in [3.05, 3.63) is 75.6 Å². The van der Waals surface area contributed by atoms with Gasteiger partial charge in [0.05, 0.1) is 12.6 Å². The van der Waals surface area contributed by atoms with E-state index in [1.165, 1.54) is 0 Å². The maximum atomic E-state index is 14.3. The molecule has 11 heteroatoms. The molecule has 1 aromatic heterocycles. The number of halogens is 1. The Morgan fingerprint density at radius 2 is 2.05 bits per heavy atom. The molecule has 2 aromatic carbocycles. The smallest absolute Gasteiger partial charge is 0.275 e. The molecule has 2 N–H and O–H groups in total. The quantitative estimate of drug-likeness (QED) is 0.393. The van der Waals surface area contributed by atoms with Crippen molar-refractivity contribution in [1.29, 1.82) is 0 Å². The number of carbonyl (C=O) groups excluding carboxylic acids is 2. The molecule has 0 saturated heterocycles. The molecule has 2 aliphatic rings. The molecule has 40 heavy (non-hydrogen) atoms. The molecule has 1 fully saturated rings. The van der Waals surface area contributed by atoms with Crippen molar-refractivity contribution < 1.29 is 14.3 Å². The second-order valence-electron chi connectivity index (χ2n) is 10.4. The summed E-state index contributed by atoms with van der Waals surface area (Å²) < 4.78 is 6.01. The second kappa shape index (κ2) is 11.9. The number of carbonyl (C=O) groups is 2. The number of H-pyrrole nitrogens is 1. The highest BCUT2D eigenvalue weighted by Crippen LogP contribution is 2.46. The van der Waals surface area contributed by atoms with Crippen LogP contribution in [0.5, 0.6) is 0 Å². The molecule has 1 aliphatic heterocycles. The number of methoxy groups -OCH3 is 1. The third-order valence-corrected chi connectivity index (χ3v) is 7.97. The van der Waals surface area contributed by atoms with E-state index >= 15 is 0 Å². The van der Waals surface area contributed by atoms with Crippen LogP contribution in [0, 0.1) is 6.92 Å². The fourth-order valence-corrected chi connectivity index (χ4v) is 6.26. The van der Waals surface area contributed by atoms with E-state index < -0.39 is 5.66 Å². The van der Waals surface area contributed by atoms with Gasteiger partial charge in [-0.05, 0) is 74.1 Å². The first-order valence-corrected chi connectivity index (χ1v) is 14.1. The summed E-state index contributed by atoms with van der Waals surface area (Å²) in [5, 5.41) is 16.9. The first kappa shape index (κ1) is 27.9. The summed E-state index contributed by atoms with van der Waals surface area (Å²) in [6, 6.07) is 12.8. The highest BCUT2D eigenvalue weighted by atomic mass is 35.5. The lowest BCUT2D eigenvalue weighted by Crippen LogP contribution is -2.57. The van der Waals surface area contributed by atoms with Gasteiger partial charge in [0.25, 0.3) is 11.8 Å². The van der Waals surface area contributed by atoms with Gasteiger partial charge in [0.1, 0.15) is 11.8 Å². The predicted molar refractivity (Wildman–Crippen MR) is 151 cm³/mol. The van der Waals surface area contributed by atoms with Crippen LogP contribution >= 0.6 is 11.6 Å². The van der Waals surface area contributed by atoms with E-state index in [0.29, 0.717) is 22.1 Å². The minimum Gasteiger partial charge on any atom is -0.377 e. The van der Waals surface area contributed by atoms with Crippen LogP contribution in [0.2, 0.25) is 5.02 Å². The number of nitrogens with zero attached hydrogens (tertiary/aromatic N) is 5. The van der Waals surface area contributed by atoms with Gasteiger partial charge in [-0.25, -0.2) is 4.99 Å². The third-order valence-electron chi connectivity index (χ3n) is 7.75. The fraction of sp³-hybridized carbons (Fsp3) is 0.448. The molecule has 0 bridgehead atoms. The molecule has 10 nitrogen and oxygen atoms in total. The largest absolute Gasteiger partial charge is 0.377 e. The first-order valence-electron chi connectivity index (χ1n) is 13.7. The van der Waals surface area contributed by atoms with Gasteiger partial charge in [-0.2, -0.15) is 5.21 Å². The molecule has 2 heterocycles. The Hall–Kier alpha value is -3.63. The van der Waals surface area contributed by atoms with Gasteiger partial charge in [0.15, 0.2) is 11.5 Å². The van der Waals surface area contributed by atoms with Crippen LogP contribution in [0.1, 0.15) is 84.4 Å². The monoisotopic (exact) mass is 563 g/mol. The lowest BCUT2D eigenvalue weighted by atomic mass is 9.83. The Balaban J connectivity index is 1.49. The molecular formula is C29H34ClN7O3. The van der Waals surface area contributed by atoms with Gasteiger partial charge in [0.2, 0.25) is 0 Å². The third kappa shape index (κ3) is 5.38. The molecule has 5 rings (SSSR count). The number of aromatic nitrogens is 4. The van der Waals surface area contributed by atoms with Crippen molar-refractivity contribution in [2.24, 2.45) is 4.99 Å². The Labute approximate surface area is 238 Å². The maximum absolute atomic E-state index is 14.3. The van der Waals surface area contributed by atoms with Crippen LogP contribution in [0.25, 0.3) is 0 Å². The van der Waals surface area contributed by atoms with Gasteiger partial charge < -0.3 is 15.0 Å². The van der Waals surface area contributed by atoms with Gasteiger partial charge in [-0.15, -0.1) is 10.2 Å². The Kier molecular flexibility index (Phi) is 8.27. The molecular weight excluding hydrogens is 530 g/mol. The summed E-state index contributed by atoms with van der Waals surface area (Å²) in [5.41, 5.74) is 2.76. The van der Waals surface area contributed by atoms with Crippen LogP contribution in [0.15, 0.2) is 47.5 Å². The number of hydrogen-bond donors (Lipinski definition) is 2. The lowest BCUT2D eigenvalue weighted by molar-refractivity contribution is -0.143. The number of amides is 2. The summed E-state index contributed by atoms with van der Waals surface area (Å²) in [6.07, 6.45) is 4.90. The number of aliphatic imine (C=N–C) groups is 1. The Morgan fingerprint density at radius 3 is 2.73 bits per heavy atom. The molecule has 0 radical (unpaired) electrons. The topological polar surface area (TPSA) is 125 Å². The summed E-state index contributed by atoms with van der Waals surface area (Å²) in [4.78, 5) is 34.2. The van der Waals surface area contributed by atoms with Crippen LogP contribution in [0.3, 0.4) is 0 Å². The molecule has 1 saturated carbocycles. The molecule has 1 spiro atoms. The Bertz CT molecular complexity index is 1370. The van der Waals surface area contributed by atoms with E-state index in [-0.39, 0.29) is 30.5 Å². The van der Waals surface area contributed by atoms with Crippen LogP contribution in [-0.4, -0.2) is 61.9 Å². The normalized spacial score (nSPS) is 21.5. The molecule has 210 valence electrons. The summed E-state index contributed by atoms with van der Waals surface area (Å²) in [7, 11) is 1.70. The SMILES string of the molecule is CCCC(c1ccc(C(=O)NCc2nn[nH]n2)cc1)N1C(=O)C(c2cc(C)cc(Cl)c2)=NC12CCCCC2OC. The first-order chi connectivity index (χ1) is 19.4. The molecule has 1 aliphatic carbocycles. The highest BCUT2D eigenvalue weighted by Gasteiger charge is 2.55. The minimum absolute atomic E-state index is 0.119. The fourth-order valence-electron chi connectivity index (χ4n) is 5.97. The van der Waals surface area contributed by atoms with Crippen LogP contribution in [0.4, 0.5) is 0 Å². The van der Waals surface area contributed by atoms with Crippen molar-refractivity contribution >= 4 is 29.1 Å². The van der Waals surface area contributed by atoms with E-state index in [1.54, 1.807) is 19.2 Å². The average Bonchev–Trinajstić information content (AvgIpc) is 3.57. The van der Waals surface area contributed by atoms with Crippen molar-refractivity contribution in [3.8, 4) is 0 Å². The van der Waals surface area contributed by atoms with Crippen LogP contribution in [-0.2, 0) is 16.1 Å². The van der Waals surface area contributed by atoms with E-state index in [0.717, 1.165) is 55.2 Å². The number of rotatable bonds is 9. The van der Waals surface area contributed by atoms with Gasteiger partial charge >= 0.3 is 0 Å². The van der Waals surface area contributed by atoms with E-state index in [2.05, 4.69) is 32.9 Å². The molecule has 3 aromatic rings. The minimum atomic E-state index is -0.809. The van der Waals surface area contributed by atoms with Crippen molar-refractivity contribution in [3.63, 3.8) is 0 Å². The number of ether oxygens (including phenoxy) is 1. The summed E-state index contributed by atoms with van der Waals surface area (Å²) >= 11 is 6.40. The van der Waals surface area contributed by atoms with Crippen molar-refractivity contribution in [1.82, 2.24) is 30.8 Å². The molecule has 2 amide bonds. The highest BCUT2D eigenvalue weighted by molar-refractivity contribution is 6.47. The molecule has 3 unspecified atom stereocenters. The number of aryl methyl sites for hydroxylation is 1. The van der Waals surface area contributed by atoms with E-state index in [9.17, 15) is 9.59 Å². The number of aromatic amines is 1.